The van der Waals surface area contributed by atoms with E-state index >= 15 is 0 Å². The molecule has 1 aromatic carbocycles. The second-order valence-corrected chi connectivity index (χ2v) is 4.47. The van der Waals surface area contributed by atoms with Gasteiger partial charge in [-0.1, -0.05) is 37.3 Å². The molecule has 2 atom stereocenters. The topological polar surface area (TPSA) is 31.0 Å². The molecular weight excluding hydrogens is 216 g/mol. The van der Waals surface area contributed by atoms with E-state index in [0.717, 1.165) is 12.8 Å². The highest BCUT2D eigenvalue weighted by Crippen LogP contribution is 2.41. The van der Waals surface area contributed by atoms with Crippen LogP contribution in [0.4, 0.5) is 0 Å². The van der Waals surface area contributed by atoms with Crippen molar-refractivity contribution >= 4 is 0 Å². The first kappa shape index (κ1) is 12.6. The highest BCUT2D eigenvalue weighted by Gasteiger charge is 2.54. The lowest BCUT2D eigenvalue weighted by molar-refractivity contribution is -0.0490. The van der Waals surface area contributed by atoms with Crippen LogP contribution in [0.2, 0.25) is 0 Å². The zero-order valence-electron chi connectivity index (χ0n) is 10.5. The SMILES string of the molecule is CC[C@]1(COCOC)O[C@@H]1Cc1ccccc1. The third-order valence-corrected chi connectivity index (χ3v) is 3.32. The molecule has 0 N–H and O–H groups in total. The first-order valence-electron chi connectivity index (χ1n) is 6.09. The highest BCUT2D eigenvalue weighted by molar-refractivity contribution is 5.19. The molecule has 1 heterocycles. The van der Waals surface area contributed by atoms with Gasteiger partial charge in [-0.05, 0) is 12.0 Å². The van der Waals surface area contributed by atoms with Gasteiger partial charge in [0.1, 0.15) is 12.4 Å². The highest BCUT2D eigenvalue weighted by atomic mass is 16.7. The van der Waals surface area contributed by atoms with Gasteiger partial charge in [-0.15, -0.1) is 0 Å². The Labute approximate surface area is 103 Å². The van der Waals surface area contributed by atoms with Crippen molar-refractivity contribution in [3.63, 3.8) is 0 Å². The fraction of sp³-hybridized carbons (Fsp3) is 0.571. The van der Waals surface area contributed by atoms with Crippen LogP contribution in [0.25, 0.3) is 0 Å². The van der Waals surface area contributed by atoms with Gasteiger partial charge < -0.3 is 14.2 Å². The van der Waals surface area contributed by atoms with Gasteiger partial charge in [0.05, 0.1) is 12.7 Å². The molecule has 3 nitrogen and oxygen atoms in total. The molecule has 1 aliphatic rings. The molecule has 1 aliphatic heterocycles. The maximum absolute atomic E-state index is 5.82. The summed E-state index contributed by atoms with van der Waals surface area (Å²) in [5.41, 5.74) is 1.23. The first-order chi connectivity index (χ1) is 8.30. The zero-order chi connectivity index (χ0) is 12.1. The van der Waals surface area contributed by atoms with Crippen molar-refractivity contribution in [2.24, 2.45) is 0 Å². The molecule has 0 aromatic heterocycles. The number of hydrogen-bond acceptors (Lipinski definition) is 3. The minimum Gasteiger partial charge on any atom is -0.363 e. The van der Waals surface area contributed by atoms with Gasteiger partial charge in [-0.25, -0.2) is 0 Å². The third kappa shape index (κ3) is 3.06. The van der Waals surface area contributed by atoms with Gasteiger partial charge in [0, 0.05) is 13.5 Å². The van der Waals surface area contributed by atoms with Crippen LogP contribution in [0.15, 0.2) is 30.3 Å². The molecular formula is C14H20O3. The van der Waals surface area contributed by atoms with E-state index in [2.05, 4.69) is 31.2 Å². The summed E-state index contributed by atoms with van der Waals surface area (Å²) in [6.45, 7) is 3.10. The molecule has 17 heavy (non-hydrogen) atoms. The van der Waals surface area contributed by atoms with E-state index in [9.17, 15) is 0 Å². The van der Waals surface area contributed by atoms with Crippen molar-refractivity contribution in [3.05, 3.63) is 35.9 Å². The van der Waals surface area contributed by atoms with E-state index < -0.39 is 0 Å². The summed E-state index contributed by atoms with van der Waals surface area (Å²) >= 11 is 0. The number of rotatable bonds is 7. The van der Waals surface area contributed by atoms with Crippen LogP contribution in [-0.4, -0.2) is 32.2 Å². The normalized spacial score (nSPS) is 27.1. The molecule has 0 unspecified atom stereocenters. The maximum atomic E-state index is 5.82. The summed E-state index contributed by atoms with van der Waals surface area (Å²) in [5.74, 6) is 0. The fourth-order valence-corrected chi connectivity index (χ4v) is 2.14. The number of epoxide rings is 1. The molecule has 0 amide bonds. The number of methoxy groups -OCH3 is 1. The molecule has 1 fully saturated rings. The summed E-state index contributed by atoms with van der Waals surface area (Å²) in [6, 6.07) is 10.4. The molecule has 0 aliphatic carbocycles. The molecule has 1 aromatic rings. The summed E-state index contributed by atoms with van der Waals surface area (Å²) < 4.78 is 16.1. The van der Waals surface area contributed by atoms with Gasteiger partial charge in [-0.2, -0.15) is 0 Å². The number of hydrogen-bond donors (Lipinski definition) is 0. The summed E-state index contributed by atoms with van der Waals surface area (Å²) in [6.07, 6.45) is 2.23. The van der Waals surface area contributed by atoms with E-state index in [1.54, 1.807) is 7.11 Å². The van der Waals surface area contributed by atoms with Gasteiger partial charge in [0.15, 0.2) is 0 Å². The standard InChI is InChI=1S/C14H20O3/c1-3-14(10-16-11-15-2)13(17-14)9-12-7-5-4-6-8-12/h4-8,13H,3,9-11H2,1-2H3/t13-,14-/m1/s1. The van der Waals surface area contributed by atoms with E-state index in [-0.39, 0.29) is 11.7 Å². The Morgan fingerprint density at radius 1 is 1.29 bits per heavy atom. The third-order valence-electron chi connectivity index (χ3n) is 3.32. The van der Waals surface area contributed by atoms with Gasteiger partial charge in [0.2, 0.25) is 0 Å². The fourth-order valence-electron chi connectivity index (χ4n) is 2.14. The predicted octanol–water partition coefficient (Wildman–Crippen LogP) is 2.40. The zero-order valence-corrected chi connectivity index (χ0v) is 10.5. The lowest BCUT2D eigenvalue weighted by Crippen LogP contribution is -2.23. The van der Waals surface area contributed by atoms with Crippen molar-refractivity contribution in [1.29, 1.82) is 0 Å². The number of benzene rings is 1. The van der Waals surface area contributed by atoms with Crippen LogP contribution in [0, 0.1) is 0 Å². The van der Waals surface area contributed by atoms with E-state index in [1.165, 1.54) is 5.56 Å². The van der Waals surface area contributed by atoms with Crippen molar-refractivity contribution in [2.45, 2.75) is 31.5 Å². The van der Waals surface area contributed by atoms with Crippen LogP contribution < -0.4 is 0 Å². The minimum atomic E-state index is -0.0889. The first-order valence-corrected chi connectivity index (χ1v) is 6.09. The van der Waals surface area contributed by atoms with Crippen molar-refractivity contribution in [1.82, 2.24) is 0 Å². The lowest BCUT2D eigenvalue weighted by atomic mass is 9.98. The lowest BCUT2D eigenvalue weighted by Gasteiger charge is -2.10. The van der Waals surface area contributed by atoms with Crippen LogP contribution in [-0.2, 0) is 20.6 Å². The number of ether oxygens (including phenoxy) is 3. The Morgan fingerprint density at radius 2 is 2.06 bits per heavy atom. The molecule has 0 spiro atoms. The Bertz CT molecular complexity index is 339. The van der Waals surface area contributed by atoms with Crippen molar-refractivity contribution in [2.75, 3.05) is 20.5 Å². The molecule has 3 heteroatoms. The average Bonchev–Trinajstić information content (AvgIpc) is 3.05. The van der Waals surface area contributed by atoms with Crippen LogP contribution in [0.5, 0.6) is 0 Å². The smallest absolute Gasteiger partial charge is 0.146 e. The van der Waals surface area contributed by atoms with Gasteiger partial charge >= 0.3 is 0 Å². The molecule has 0 radical (unpaired) electrons. The second-order valence-electron chi connectivity index (χ2n) is 4.47. The molecule has 94 valence electrons. The van der Waals surface area contributed by atoms with Crippen LogP contribution in [0.3, 0.4) is 0 Å². The van der Waals surface area contributed by atoms with Gasteiger partial charge in [0.25, 0.3) is 0 Å². The van der Waals surface area contributed by atoms with E-state index in [0.29, 0.717) is 13.4 Å². The van der Waals surface area contributed by atoms with Crippen LogP contribution >= 0.6 is 0 Å². The average molecular weight is 236 g/mol. The maximum Gasteiger partial charge on any atom is 0.146 e. The summed E-state index contributed by atoms with van der Waals surface area (Å²) in [4.78, 5) is 0. The largest absolute Gasteiger partial charge is 0.363 e. The summed E-state index contributed by atoms with van der Waals surface area (Å²) in [7, 11) is 1.63. The minimum absolute atomic E-state index is 0.0889. The molecule has 0 saturated carbocycles. The molecule has 1 saturated heterocycles. The predicted molar refractivity (Wildman–Crippen MR) is 65.9 cm³/mol. The van der Waals surface area contributed by atoms with E-state index in [1.807, 2.05) is 6.07 Å². The quantitative estimate of drug-likeness (QED) is 0.414. The Kier molecular flexibility index (Phi) is 4.15. The molecule has 2 rings (SSSR count). The Balaban J connectivity index is 1.84. The monoisotopic (exact) mass is 236 g/mol. The Hall–Kier alpha value is -0.900. The summed E-state index contributed by atoms with van der Waals surface area (Å²) in [5, 5.41) is 0. The second kappa shape index (κ2) is 5.63. The van der Waals surface area contributed by atoms with Gasteiger partial charge in [-0.3, -0.25) is 0 Å². The van der Waals surface area contributed by atoms with Crippen molar-refractivity contribution in [3.8, 4) is 0 Å². The Morgan fingerprint density at radius 3 is 2.71 bits per heavy atom. The van der Waals surface area contributed by atoms with Crippen LogP contribution in [0.1, 0.15) is 18.9 Å². The van der Waals surface area contributed by atoms with E-state index in [4.69, 9.17) is 14.2 Å². The van der Waals surface area contributed by atoms with Crippen molar-refractivity contribution < 1.29 is 14.2 Å². The molecule has 0 bridgehead atoms.